The first-order valence-electron chi connectivity index (χ1n) is 7.53. The van der Waals surface area contributed by atoms with Gasteiger partial charge in [0.1, 0.15) is 5.82 Å². The summed E-state index contributed by atoms with van der Waals surface area (Å²) >= 11 is 0. The van der Waals surface area contributed by atoms with Crippen LogP contribution < -0.4 is 5.32 Å². The fraction of sp³-hybridized carbons (Fsp3) is 0.333. The van der Waals surface area contributed by atoms with Gasteiger partial charge in [-0.3, -0.25) is 4.21 Å². The van der Waals surface area contributed by atoms with Crippen LogP contribution in [0.25, 0.3) is 0 Å². The van der Waals surface area contributed by atoms with E-state index in [9.17, 15) is 8.60 Å². The van der Waals surface area contributed by atoms with Gasteiger partial charge < -0.3 is 5.32 Å². The molecular weight excluding hydrogens is 297 g/mol. The number of fused-ring (bicyclic) bond motifs is 1. The van der Waals surface area contributed by atoms with E-state index in [0.717, 1.165) is 34.4 Å². The Balaban J connectivity index is 1.74. The molecule has 0 saturated carbocycles. The third-order valence-electron chi connectivity index (χ3n) is 4.38. The monoisotopic (exact) mass is 317 g/mol. The van der Waals surface area contributed by atoms with Crippen LogP contribution >= 0.6 is 0 Å². The van der Waals surface area contributed by atoms with Crippen molar-refractivity contribution in [3.63, 3.8) is 0 Å². The first-order valence-corrected chi connectivity index (χ1v) is 9.09. The first kappa shape index (κ1) is 15.4. The fourth-order valence-corrected chi connectivity index (χ4v) is 3.65. The Bertz CT molecular complexity index is 699. The quantitative estimate of drug-likeness (QED) is 0.926. The number of nitrogens with one attached hydrogen (secondary N) is 1. The Morgan fingerprint density at radius 3 is 2.64 bits per heavy atom. The number of halogens is 1. The second-order valence-corrected chi connectivity index (χ2v) is 7.19. The van der Waals surface area contributed by atoms with Crippen LogP contribution in [0.3, 0.4) is 0 Å². The lowest BCUT2D eigenvalue weighted by molar-refractivity contribution is 0.465. The predicted molar refractivity (Wildman–Crippen MR) is 87.8 cm³/mol. The molecule has 0 saturated heterocycles. The van der Waals surface area contributed by atoms with E-state index >= 15 is 0 Å². The van der Waals surface area contributed by atoms with Gasteiger partial charge in [-0.1, -0.05) is 24.3 Å². The van der Waals surface area contributed by atoms with E-state index in [4.69, 9.17) is 0 Å². The van der Waals surface area contributed by atoms with E-state index in [0.29, 0.717) is 0 Å². The molecule has 4 heteroatoms. The minimum Gasteiger partial charge on any atom is -0.303 e. The summed E-state index contributed by atoms with van der Waals surface area (Å²) in [4.78, 5) is 0.837. The van der Waals surface area contributed by atoms with E-state index in [1.165, 1.54) is 6.07 Å². The third kappa shape index (κ3) is 2.99. The maximum absolute atomic E-state index is 13.8. The topological polar surface area (TPSA) is 29.1 Å². The summed E-state index contributed by atoms with van der Waals surface area (Å²) in [6, 6.07) is 13.5. The van der Waals surface area contributed by atoms with Crippen molar-refractivity contribution >= 4 is 10.8 Å². The van der Waals surface area contributed by atoms with Crippen molar-refractivity contribution in [2.75, 3.05) is 6.26 Å². The molecule has 116 valence electrons. The molecule has 2 aromatic carbocycles. The maximum atomic E-state index is 13.8. The van der Waals surface area contributed by atoms with E-state index in [1.807, 2.05) is 30.3 Å². The minimum atomic E-state index is -0.949. The SMILES string of the molecule is C[C@H](N[C@@H]1CCc2c(F)cccc21)c1ccc([S@@](C)=O)cc1. The van der Waals surface area contributed by atoms with Gasteiger partial charge in [0, 0.05) is 34.0 Å². The van der Waals surface area contributed by atoms with Gasteiger partial charge in [-0.05, 0) is 54.7 Å². The van der Waals surface area contributed by atoms with Crippen LogP contribution in [-0.4, -0.2) is 10.5 Å². The van der Waals surface area contributed by atoms with Gasteiger partial charge in [-0.2, -0.15) is 0 Å². The minimum absolute atomic E-state index is 0.0933. The van der Waals surface area contributed by atoms with Crippen molar-refractivity contribution in [2.24, 2.45) is 0 Å². The molecule has 0 radical (unpaired) electrons. The lowest BCUT2D eigenvalue weighted by atomic mass is 10.0. The van der Waals surface area contributed by atoms with Gasteiger partial charge in [0.2, 0.25) is 0 Å². The molecule has 0 spiro atoms. The summed E-state index contributed by atoms with van der Waals surface area (Å²) in [6.07, 6.45) is 3.40. The average molecular weight is 317 g/mol. The molecule has 1 N–H and O–H groups in total. The summed E-state index contributed by atoms with van der Waals surface area (Å²) < 4.78 is 25.2. The van der Waals surface area contributed by atoms with Gasteiger partial charge in [-0.15, -0.1) is 0 Å². The first-order chi connectivity index (χ1) is 10.6. The Labute approximate surface area is 133 Å². The lowest BCUT2D eigenvalue weighted by Crippen LogP contribution is -2.23. The smallest absolute Gasteiger partial charge is 0.126 e. The standard InChI is InChI=1S/C18H20FNOS/c1-12(13-6-8-14(9-7-13)22(2)21)20-18-11-10-15-16(18)4-3-5-17(15)19/h3-9,12,18,20H,10-11H2,1-2H3/t12-,18+,22+/m0/s1. The van der Waals surface area contributed by atoms with Crippen LogP contribution in [-0.2, 0) is 17.2 Å². The highest BCUT2D eigenvalue weighted by molar-refractivity contribution is 7.84. The molecule has 1 aliphatic carbocycles. The molecule has 0 unspecified atom stereocenters. The Morgan fingerprint density at radius 1 is 1.23 bits per heavy atom. The van der Waals surface area contributed by atoms with Gasteiger partial charge in [0.25, 0.3) is 0 Å². The zero-order valence-electron chi connectivity index (χ0n) is 12.8. The van der Waals surface area contributed by atoms with Crippen molar-refractivity contribution in [2.45, 2.75) is 36.7 Å². The molecular formula is C18H20FNOS. The molecule has 0 heterocycles. The molecule has 2 aromatic rings. The van der Waals surface area contributed by atoms with E-state index in [1.54, 1.807) is 12.3 Å². The predicted octanol–water partition coefficient (Wildman–Crippen LogP) is 3.90. The number of rotatable bonds is 4. The summed E-state index contributed by atoms with van der Waals surface area (Å²) in [6.45, 7) is 2.11. The summed E-state index contributed by atoms with van der Waals surface area (Å²) in [7, 11) is -0.949. The number of hydrogen-bond donors (Lipinski definition) is 1. The van der Waals surface area contributed by atoms with Gasteiger partial charge in [0.15, 0.2) is 0 Å². The summed E-state index contributed by atoms with van der Waals surface area (Å²) in [5, 5.41) is 3.58. The van der Waals surface area contributed by atoms with Crippen molar-refractivity contribution < 1.29 is 8.60 Å². The zero-order valence-corrected chi connectivity index (χ0v) is 13.6. The van der Waals surface area contributed by atoms with Crippen molar-refractivity contribution in [3.8, 4) is 0 Å². The second-order valence-electron chi connectivity index (χ2n) is 5.81. The van der Waals surface area contributed by atoms with Crippen LogP contribution in [0.5, 0.6) is 0 Å². The highest BCUT2D eigenvalue weighted by Gasteiger charge is 2.25. The van der Waals surface area contributed by atoms with Crippen molar-refractivity contribution in [3.05, 3.63) is 65.0 Å². The summed E-state index contributed by atoms with van der Waals surface area (Å²) in [5.41, 5.74) is 3.08. The van der Waals surface area contributed by atoms with Crippen LogP contribution in [0.1, 0.15) is 42.1 Å². The van der Waals surface area contributed by atoms with Crippen molar-refractivity contribution in [1.82, 2.24) is 5.32 Å². The largest absolute Gasteiger partial charge is 0.303 e. The van der Waals surface area contributed by atoms with Crippen LogP contribution in [0.2, 0.25) is 0 Å². The highest BCUT2D eigenvalue weighted by Crippen LogP contribution is 2.34. The van der Waals surface area contributed by atoms with E-state index in [2.05, 4.69) is 12.2 Å². The van der Waals surface area contributed by atoms with Gasteiger partial charge in [0.05, 0.1) is 0 Å². The molecule has 2 nitrogen and oxygen atoms in total. The van der Waals surface area contributed by atoms with Crippen LogP contribution in [0, 0.1) is 5.82 Å². The Morgan fingerprint density at radius 2 is 1.95 bits per heavy atom. The second kappa shape index (κ2) is 6.31. The highest BCUT2D eigenvalue weighted by atomic mass is 32.2. The number of benzene rings is 2. The molecule has 0 bridgehead atoms. The fourth-order valence-electron chi connectivity index (χ4n) is 3.13. The number of hydrogen-bond acceptors (Lipinski definition) is 2. The summed E-state index contributed by atoms with van der Waals surface area (Å²) in [5.74, 6) is -0.0933. The molecule has 0 amide bonds. The van der Waals surface area contributed by atoms with Crippen LogP contribution in [0.4, 0.5) is 4.39 Å². The zero-order chi connectivity index (χ0) is 15.7. The maximum Gasteiger partial charge on any atom is 0.126 e. The van der Waals surface area contributed by atoms with Gasteiger partial charge >= 0.3 is 0 Å². The molecule has 22 heavy (non-hydrogen) atoms. The molecule has 0 aliphatic heterocycles. The van der Waals surface area contributed by atoms with Gasteiger partial charge in [-0.25, -0.2) is 4.39 Å². The lowest BCUT2D eigenvalue weighted by Gasteiger charge is -2.21. The molecule has 0 fully saturated rings. The molecule has 0 aromatic heterocycles. The van der Waals surface area contributed by atoms with E-state index in [-0.39, 0.29) is 17.9 Å². The third-order valence-corrected chi connectivity index (χ3v) is 5.31. The Kier molecular flexibility index (Phi) is 4.41. The molecule has 1 aliphatic rings. The molecule has 3 rings (SSSR count). The average Bonchev–Trinajstić information content (AvgIpc) is 2.92. The van der Waals surface area contributed by atoms with E-state index < -0.39 is 10.8 Å². The molecule has 3 atom stereocenters. The van der Waals surface area contributed by atoms with Crippen LogP contribution in [0.15, 0.2) is 47.4 Å². The Hall–Kier alpha value is -1.52. The van der Waals surface area contributed by atoms with Crippen molar-refractivity contribution in [1.29, 1.82) is 0 Å². The normalized spacial score (nSPS) is 19.7.